The zero-order chi connectivity index (χ0) is 29.2. The molecule has 10 nitrogen and oxygen atoms in total. The van der Waals surface area contributed by atoms with Gasteiger partial charge in [-0.25, -0.2) is 14.8 Å². The Bertz CT molecular complexity index is 1550. The van der Waals surface area contributed by atoms with E-state index in [2.05, 4.69) is 44.6 Å². The Balaban J connectivity index is 1.21. The van der Waals surface area contributed by atoms with E-state index >= 15 is 0 Å². The molecule has 218 valence electrons. The lowest BCUT2D eigenvalue weighted by atomic mass is 9.99. The Morgan fingerprint density at radius 3 is 2.79 bits per heavy atom. The molecule has 3 heterocycles. The second-order valence-electron chi connectivity index (χ2n) is 11.1. The van der Waals surface area contributed by atoms with Crippen molar-refractivity contribution >= 4 is 34.8 Å². The summed E-state index contributed by atoms with van der Waals surface area (Å²) < 4.78 is 10.6. The molecule has 0 unspecified atom stereocenters. The van der Waals surface area contributed by atoms with Gasteiger partial charge in [0.25, 0.3) is 0 Å². The van der Waals surface area contributed by atoms with Crippen molar-refractivity contribution in [2.45, 2.75) is 25.8 Å². The normalized spacial score (nSPS) is 17.6. The molecule has 1 atom stereocenters. The maximum atomic E-state index is 13.5. The van der Waals surface area contributed by atoms with Crippen molar-refractivity contribution in [3.63, 3.8) is 0 Å². The number of carbonyl (C=O) groups excluding carboxylic acids is 2. The van der Waals surface area contributed by atoms with Gasteiger partial charge in [-0.1, -0.05) is 18.2 Å². The number of benzene rings is 2. The van der Waals surface area contributed by atoms with Crippen molar-refractivity contribution in [3.05, 3.63) is 82.2 Å². The van der Waals surface area contributed by atoms with Crippen molar-refractivity contribution in [3.8, 4) is 0 Å². The summed E-state index contributed by atoms with van der Waals surface area (Å²) in [6.45, 7) is 6.25. The highest BCUT2D eigenvalue weighted by molar-refractivity contribution is 5.98. The number of aryl methyl sites for hydroxylation is 1. The highest BCUT2D eigenvalue weighted by Crippen LogP contribution is 2.37. The minimum Gasteiger partial charge on any atom is -0.462 e. The predicted molar refractivity (Wildman–Crippen MR) is 161 cm³/mol. The van der Waals surface area contributed by atoms with E-state index in [-0.39, 0.29) is 17.9 Å². The number of likely N-dealkylation sites (N-methyl/N-ethyl adjacent to an activating group) is 1. The third-order valence-corrected chi connectivity index (χ3v) is 8.25. The van der Waals surface area contributed by atoms with Crippen LogP contribution in [-0.2, 0) is 27.1 Å². The lowest BCUT2D eigenvalue weighted by Gasteiger charge is -2.36. The zero-order valence-electron chi connectivity index (χ0n) is 24.3. The van der Waals surface area contributed by atoms with Crippen molar-refractivity contribution in [2.75, 3.05) is 64.2 Å². The Labute approximate surface area is 245 Å². The molecule has 6 rings (SSSR count). The summed E-state index contributed by atoms with van der Waals surface area (Å²) in [5.74, 6) is 0.140. The number of nitrogens with one attached hydrogen (secondary N) is 2. The fourth-order valence-electron chi connectivity index (χ4n) is 5.88. The van der Waals surface area contributed by atoms with E-state index in [0.29, 0.717) is 37.6 Å². The van der Waals surface area contributed by atoms with Crippen LogP contribution in [0, 0.1) is 6.92 Å². The third-order valence-electron chi connectivity index (χ3n) is 8.25. The molecule has 1 aromatic heterocycles. The Morgan fingerprint density at radius 2 is 1.98 bits per heavy atom. The first kappa shape index (κ1) is 28.0. The van der Waals surface area contributed by atoms with Gasteiger partial charge in [0.1, 0.15) is 6.04 Å². The average molecular weight is 569 g/mol. The molecule has 0 saturated carbocycles. The quantitative estimate of drug-likeness (QED) is 0.395. The number of cyclic esters (lactones) is 1. The standard InChI is InChI=1S/C32H36N6O4/c1-20-18-33-32(34-22-7-8-23-21(17-22)11-16-42-31(23)40)36-29(20)26-10-9-25-24(26)5-4-6-27(25)35-30(39)28(19-41-3)38-14-12-37(2)13-15-38/h4-8,10,17-18,28H,9,11-16,19H2,1-3H3,(H,35,39)(H,33,34,36)/t28-/m1/s1. The van der Waals surface area contributed by atoms with E-state index < -0.39 is 0 Å². The number of fused-ring (bicyclic) bond motifs is 2. The molecular formula is C32H36N6O4. The molecule has 1 saturated heterocycles. The van der Waals surface area contributed by atoms with Gasteiger partial charge in [-0.2, -0.15) is 0 Å². The van der Waals surface area contributed by atoms with E-state index in [0.717, 1.165) is 71.1 Å². The molecule has 2 aliphatic heterocycles. The van der Waals surface area contributed by atoms with E-state index in [1.54, 1.807) is 13.2 Å². The maximum absolute atomic E-state index is 13.5. The Kier molecular flexibility index (Phi) is 8.01. The van der Waals surface area contributed by atoms with Crippen molar-refractivity contribution in [1.29, 1.82) is 0 Å². The number of hydrogen-bond acceptors (Lipinski definition) is 9. The topological polar surface area (TPSA) is 109 Å². The lowest BCUT2D eigenvalue weighted by molar-refractivity contribution is -0.124. The van der Waals surface area contributed by atoms with Crippen LogP contribution in [0.15, 0.2) is 48.7 Å². The number of allylic oxidation sites excluding steroid dienone is 1. The largest absolute Gasteiger partial charge is 0.462 e. The summed E-state index contributed by atoms with van der Waals surface area (Å²) >= 11 is 0. The number of carbonyl (C=O) groups is 2. The molecule has 10 heteroatoms. The number of hydrogen-bond donors (Lipinski definition) is 2. The van der Waals surface area contributed by atoms with E-state index in [4.69, 9.17) is 14.5 Å². The highest BCUT2D eigenvalue weighted by Gasteiger charge is 2.30. The molecule has 3 aliphatic rings. The zero-order valence-corrected chi connectivity index (χ0v) is 24.3. The van der Waals surface area contributed by atoms with E-state index in [1.165, 1.54) is 0 Å². The molecule has 2 N–H and O–H groups in total. The number of rotatable bonds is 8. The number of ether oxygens (including phenoxy) is 2. The van der Waals surface area contributed by atoms with Crippen LogP contribution < -0.4 is 10.6 Å². The molecule has 1 amide bonds. The Morgan fingerprint density at radius 1 is 1.14 bits per heavy atom. The van der Waals surface area contributed by atoms with Crippen molar-refractivity contribution < 1.29 is 19.1 Å². The van der Waals surface area contributed by atoms with Gasteiger partial charge in [-0.3, -0.25) is 9.69 Å². The van der Waals surface area contributed by atoms with Crippen LogP contribution in [0.5, 0.6) is 0 Å². The van der Waals surface area contributed by atoms with Gasteiger partial charge < -0.3 is 25.0 Å². The smallest absolute Gasteiger partial charge is 0.338 e. The summed E-state index contributed by atoms with van der Waals surface area (Å²) in [6.07, 6.45) is 5.35. The minimum atomic E-state index is -0.347. The van der Waals surface area contributed by atoms with E-state index in [9.17, 15) is 9.59 Å². The van der Waals surface area contributed by atoms with Gasteiger partial charge in [0.15, 0.2) is 0 Å². The fourth-order valence-corrected chi connectivity index (χ4v) is 5.88. The number of methoxy groups -OCH3 is 1. The SMILES string of the molecule is COC[C@H](C(=O)Nc1cccc2c1CC=C2c1nc(Nc2ccc3c(c2)CCOC3=O)ncc1C)N1CCN(C)CC1. The van der Waals surface area contributed by atoms with Crippen LogP contribution in [0.3, 0.4) is 0 Å². The van der Waals surface area contributed by atoms with Gasteiger partial charge in [0.05, 0.1) is 24.5 Å². The van der Waals surface area contributed by atoms with Crippen molar-refractivity contribution in [2.24, 2.45) is 0 Å². The monoisotopic (exact) mass is 568 g/mol. The summed E-state index contributed by atoms with van der Waals surface area (Å²) in [5.41, 5.74) is 8.12. The summed E-state index contributed by atoms with van der Waals surface area (Å²) in [4.78, 5) is 39.4. The van der Waals surface area contributed by atoms with Crippen LogP contribution in [0.1, 0.15) is 38.3 Å². The molecule has 0 spiro atoms. The van der Waals surface area contributed by atoms with Crippen LogP contribution in [0.2, 0.25) is 0 Å². The third kappa shape index (κ3) is 5.65. The molecule has 0 radical (unpaired) electrons. The second-order valence-corrected chi connectivity index (χ2v) is 11.1. The first-order valence-corrected chi connectivity index (χ1v) is 14.4. The molecule has 2 aromatic carbocycles. The van der Waals surface area contributed by atoms with Gasteiger partial charge in [-0.15, -0.1) is 0 Å². The number of nitrogens with zero attached hydrogens (tertiary/aromatic N) is 4. The number of esters is 1. The van der Waals surface area contributed by atoms with Gasteiger partial charge in [-0.05, 0) is 66.9 Å². The molecule has 42 heavy (non-hydrogen) atoms. The van der Waals surface area contributed by atoms with Crippen LogP contribution in [0.4, 0.5) is 17.3 Å². The predicted octanol–water partition coefficient (Wildman–Crippen LogP) is 3.43. The van der Waals surface area contributed by atoms with Gasteiger partial charge in [0, 0.05) is 62.9 Å². The molecule has 3 aromatic rings. The van der Waals surface area contributed by atoms with Crippen LogP contribution >= 0.6 is 0 Å². The minimum absolute atomic E-state index is 0.0498. The molecule has 1 fully saturated rings. The Hall–Kier alpha value is -4.12. The van der Waals surface area contributed by atoms with Gasteiger partial charge >= 0.3 is 5.97 Å². The van der Waals surface area contributed by atoms with E-state index in [1.807, 2.05) is 37.4 Å². The first-order valence-electron chi connectivity index (χ1n) is 14.4. The number of anilines is 3. The maximum Gasteiger partial charge on any atom is 0.338 e. The lowest BCUT2D eigenvalue weighted by Crippen LogP contribution is -2.54. The number of piperazine rings is 1. The number of aromatic nitrogens is 2. The van der Waals surface area contributed by atoms with Gasteiger partial charge in [0.2, 0.25) is 11.9 Å². The fraction of sp³-hybridized carbons (Fsp3) is 0.375. The second kappa shape index (κ2) is 12.0. The highest BCUT2D eigenvalue weighted by atomic mass is 16.5. The summed E-state index contributed by atoms with van der Waals surface area (Å²) in [5, 5.41) is 6.51. The van der Waals surface area contributed by atoms with Crippen LogP contribution in [0.25, 0.3) is 5.57 Å². The first-order chi connectivity index (χ1) is 20.4. The molecular weight excluding hydrogens is 532 g/mol. The molecule has 0 bridgehead atoms. The summed E-state index contributed by atoms with van der Waals surface area (Å²) in [7, 11) is 3.74. The van der Waals surface area contributed by atoms with Crippen molar-refractivity contribution in [1.82, 2.24) is 19.8 Å². The summed E-state index contributed by atoms with van der Waals surface area (Å²) in [6, 6.07) is 11.2. The van der Waals surface area contributed by atoms with Crippen LogP contribution in [-0.4, -0.2) is 91.2 Å². The number of amides is 1. The average Bonchev–Trinajstić information content (AvgIpc) is 3.42. The molecule has 1 aliphatic carbocycles.